The van der Waals surface area contributed by atoms with Gasteiger partial charge in [0.2, 0.25) is 0 Å². The van der Waals surface area contributed by atoms with E-state index in [0.29, 0.717) is 16.3 Å². The first-order valence-electron chi connectivity index (χ1n) is 6.26. The normalized spacial score (nSPS) is 12.4. The van der Waals surface area contributed by atoms with Crippen LogP contribution < -0.4 is 10.6 Å². The number of allylic oxidation sites excluding steroid dienone is 1. The van der Waals surface area contributed by atoms with Crippen molar-refractivity contribution in [2.45, 2.75) is 6.92 Å². The van der Waals surface area contributed by atoms with E-state index < -0.39 is 5.97 Å². The van der Waals surface area contributed by atoms with E-state index in [4.69, 9.17) is 0 Å². The standard InChI is InChI=1S/C17H15NO2/c1-3-8-15-13(4-2)14(17(19)20)11-16(18-15)12-9-6-5-7-10-12/h3-11H,1H2,2H3,(H,19,20)/b13-4-,15-8+. The lowest BCUT2D eigenvalue weighted by Gasteiger charge is -2.04. The number of aromatic nitrogens is 1. The predicted octanol–water partition coefficient (Wildman–Crippen LogP) is 2.21. The summed E-state index contributed by atoms with van der Waals surface area (Å²) in [5.74, 6) is -0.962. The average Bonchev–Trinajstić information content (AvgIpc) is 2.47. The van der Waals surface area contributed by atoms with Gasteiger partial charge >= 0.3 is 5.97 Å². The van der Waals surface area contributed by atoms with Crippen LogP contribution in [-0.4, -0.2) is 16.1 Å². The van der Waals surface area contributed by atoms with Crippen LogP contribution in [-0.2, 0) is 0 Å². The molecule has 1 aromatic heterocycles. The topological polar surface area (TPSA) is 50.2 Å². The molecule has 3 heteroatoms. The molecule has 0 saturated heterocycles. The van der Waals surface area contributed by atoms with Gasteiger partial charge in [-0.2, -0.15) is 0 Å². The summed E-state index contributed by atoms with van der Waals surface area (Å²) in [6.45, 7) is 5.45. The van der Waals surface area contributed by atoms with Gasteiger partial charge in [0.15, 0.2) is 0 Å². The van der Waals surface area contributed by atoms with Crippen LogP contribution in [0.25, 0.3) is 23.4 Å². The Bertz CT molecular complexity index is 762. The summed E-state index contributed by atoms with van der Waals surface area (Å²) in [4.78, 5) is 16.0. The van der Waals surface area contributed by atoms with E-state index in [2.05, 4.69) is 11.6 Å². The molecule has 0 saturated carbocycles. The Kier molecular flexibility index (Phi) is 4.11. The molecule has 1 aromatic carbocycles. The molecule has 100 valence electrons. The Balaban J connectivity index is 2.84. The van der Waals surface area contributed by atoms with E-state index >= 15 is 0 Å². The van der Waals surface area contributed by atoms with Gasteiger partial charge in [-0.15, -0.1) is 0 Å². The number of nitrogens with zero attached hydrogens (tertiary/aromatic N) is 1. The number of carbonyl (C=O) groups is 1. The molecule has 0 bridgehead atoms. The molecule has 0 fully saturated rings. The highest BCUT2D eigenvalue weighted by Gasteiger charge is 2.09. The molecule has 1 heterocycles. The summed E-state index contributed by atoms with van der Waals surface area (Å²) < 4.78 is 0. The van der Waals surface area contributed by atoms with Gasteiger partial charge in [-0.1, -0.05) is 49.1 Å². The summed E-state index contributed by atoms with van der Waals surface area (Å²) in [5, 5.41) is 10.6. The van der Waals surface area contributed by atoms with Crippen LogP contribution >= 0.6 is 0 Å². The number of carboxylic acids is 1. The van der Waals surface area contributed by atoms with E-state index in [-0.39, 0.29) is 5.56 Å². The summed E-state index contributed by atoms with van der Waals surface area (Å²) in [6, 6.07) is 11.1. The first-order valence-corrected chi connectivity index (χ1v) is 6.26. The summed E-state index contributed by atoms with van der Waals surface area (Å²) in [6.07, 6.45) is 5.07. The smallest absolute Gasteiger partial charge is 0.336 e. The molecule has 0 atom stereocenters. The van der Waals surface area contributed by atoms with E-state index in [1.54, 1.807) is 31.2 Å². The number of hydrogen-bond acceptors (Lipinski definition) is 2. The van der Waals surface area contributed by atoms with Crippen molar-refractivity contribution in [3.63, 3.8) is 0 Å². The predicted molar refractivity (Wildman–Crippen MR) is 80.7 cm³/mol. The van der Waals surface area contributed by atoms with Crippen molar-refractivity contribution in [1.29, 1.82) is 0 Å². The zero-order chi connectivity index (χ0) is 14.5. The van der Waals surface area contributed by atoms with Gasteiger partial charge in [-0.25, -0.2) is 9.78 Å². The number of rotatable bonds is 3. The van der Waals surface area contributed by atoms with Gasteiger partial charge in [0.1, 0.15) is 0 Å². The minimum atomic E-state index is -0.962. The summed E-state index contributed by atoms with van der Waals surface area (Å²) in [7, 11) is 0. The molecule has 20 heavy (non-hydrogen) atoms. The van der Waals surface area contributed by atoms with Crippen LogP contribution in [0.5, 0.6) is 0 Å². The zero-order valence-electron chi connectivity index (χ0n) is 11.2. The second kappa shape index (κ2) is 5.97. The van der Waals surface area contributed by atoms with E-state index in [1.165, 1.54) is 0 Å². The molecule has 0 amide bonds. The molecule has 2 rings (SSSR count). The van der Waals surface area contributed by atoms with Crippen molar-refractivity contribution in [1.82, 2.24) is 4.98 Å². The minimum Gasteiger partial charge on any atom is -0.478 e. The third kappa shape index (κ3) is 2.67. The van der Waals surface area contributed by atoms with Crippen molar-refractivity contribution in [3.05, 3.63) is 65.2 Å². The maximum atomic E-state index is 11.4. The summed E-state index contributed by atoms with van der Waals surface area (Å²) >= 11 is 0. The number of carboxylic acid groups (broad SMARTS) is 1. The van der Waals surface area contributed by atoms with Gasteiger partial charge in [0.05, 0.1) is 16.6 Å². The molecule has 0 spiro atoms. The lowest BCUT2D eigenvalue weighted by atomic mass is 10.1. The Hall–Kier alpha value is -2.68. The fourth-order valence-electron chi connectivity index (χ4n) is 2.05. The van der Waals surface area contributed by atoms with E-state index in [1.807, 2.05) is 30.3 Å². The van der Waals surface area contributed by atoms with Gasteiger partial charge in [0, 0.05) is 10.8 Å². The molecule has 1 N–H and O–H groups in total. The van der Waals surface area contributed by atoms with Crippen molar-refractivity contribution in [2.75, 3.05) is 0 Å². The second-order valence-electron chi connectivity index (χ2n) is 4.22. The van der Waals surface area contributed by atoms with Crippen LogP contribution in [0.4, 0.5) is 0 Å². The van der Waals surface area contributed by atoms with Crippen molar-refractivity contribution >= 4 is 18.1 Å². The maximum Gasteiger partial charge on any atom is 0.336 e. The van der Waals surface area contributed by atoms with Crippen LogP contribution in [0.3, 0.4) is 0 Å². The number of benzene rings is 1. The lowest BCUT2D eigenvalue weighted by Crippen LogP contribution is -2.33. The second-order valence-corrected chi connectivity index (χ2v) is 4.22. The minimum absolute atomic E-state index is 0.245. The van der Waals surface area contributed by atoms with E-state index in [0.717, 1.165) is 5.56 Å². The zero-order valence-corrected chi connectivity index (χ0v) is 11.2. The summed E-state index contributed by atoms with van der Waals surface area (Å²) in [5.41, 5.74) is 1.77. The van der Waals surface area contributed by atoms with Crippen molar-refractivity contribution in [2.24, 2.45) is 0 Å². The molecular weight excluding hydrogens is 250 g/mol. The fourth-order valence-corrected chi connectivity index (χ4v) is 2.05. The molecular formula is C17H15NO2. The highest BCUT2D eigenvalue weighted by atomic mass is 16.4. The van der Waals surface area contributed by atoms with Crippen LogP contribution in [0.15, 0.2) is 49.1 Å². The Morgan fingerprint density at radius 3 is 2.55 bits per heavy atom. The Labute approximate surface area is 117 Å². The number of pyridine rings is 1. The van der Waals surface area contributed by atoms with Crippen LogP contribution in [0.1, 0.15) is 17.3 Å². The first-order chi connectivity index (χ1) is 9.67. The molecule has 0 aliphatic rings. The monoisotopic (exact) mass is 265 g/mol. The Morgan fingerprint density at radius 1 is 1.30 bits per heavy atom. The van der Waals surface area contributed by atoms with Gasteiger partial charge in [-0.3, -0.25) is 0 Å². The van der Waals surface area contributed by atoms with Crippen LogP contribution in [0, 0.1) is 0 Å². The molecule has 0 aliphatic heterocycles. The largest absolute Gasteiger partial charge is 0.478 e. The average molecular weight is 265 g/mol. The molecule has 3 nitrogen and oxygen atoms in total. The molecule has 2 aromatic rings. The highest BCUT2D eigenvalue weighted by Crippen LogP contribution is 2.14. The number of aromatic carboxylic acids is 1. The van der Waals surface area contributed by atoms with Crippen molar-refractivity contribution < 1.29 is 9.90 Å². The van der Waals surface area contributed by atoms with Gasteiger partial charge < -0.3 is 5.11 Å². The molecule has 0 unspecified atom stereocenters. The molecule has 0 radical (unpaired) electrons. The highest BCUT2D eigenvalue weighted by molar-refractivity contribution is 5.89. The van der Waals surface area contributed by atoms with Crippen molar-refractivity contribution in [3.8, 4) is 11.3 Å². The SMILES string of the molecule is C=C/C=c1/nc(-c2ccccc2)cc(C(=O)O)/c1=C/C. The van der Waals surface area contributed by atoms with E-state index in [9.17, 15) is 9.90 Å². The quantitative estimate of drug-likeness (QED) is 0.925. The van der Waals surface area contributed by atoms with Gasteiger partial charge in [0.25, 0.3) is 0 Å². The third-order valence-electron chi connectivity index (χ3n) is 2.95. The fraction of sp³-hybridized carbons (Fsp3) is 0.0588. The lowest BCUT2D eigenvalue weighted by molar-refractivity contribution is 0.0695. The Morgan fingerprint density at radius 2 is 2.00 bits per heavy atom. The first kappa shape index (κ1) is 13.7. The number of hydrogen-bond donors (Lipinski definition) is 1. The maximum absolute atomic E-state index is 11.4. The van der Waals surface area contributed by atoms with Crippen LogP contribution in [0.2, 0.25) is 0 Å². The van der Waals surface area contributed by atoms with Gasteiger partial charge in [-0.05, 0) is 19.1 Å². The molecule has 0 aliphatic carbocycles. The third-order valence-corrected chi connectivity index (χ3v) is 2.95.